The summed E-state index contributed by atoms with van der Waals surface area (Å²) in [5.74, 6) is 1.65. The molecule has 18 heavy (non-hydrogen) atoms. The average Bonchev–Trinajstić information content (AvgIpc) is 2.38. The zero-order chi connectivity index (χ0) is 13.0. The Labute approximate surface area is 112 Å². The topological polar surface area (TPSA) is 35.5 Å². The zero-order valence-electron chi connectivity index (χ0n) is 12.1. The minimum Gasteiger partial charge on any atom is -0.393 e. The molecule has 1 unspecified atom stereocenters. The summed E-state index contributed by atoms with van der Waals surface area (Å²) in [7, 11) is 2.22. The third-order valence-corrected chi connectivity index (χ3v) is 5.02. The van der Waals surface area contributed by atoms with Crippen LogP contribution in [-0.2, 0) is 0 Å². The van der Waals surface area contributed by atoms with E-state index in [0.717, 1.165) is 31.2 Å². The number of rotatable bonds is 4. The second-order valence-electron chi connectivity index (χ2n) is 6.51. The van der Waals surface area contributed by atoms with Crippen molar-refractivity contribution in [1.29, 1.82) is 0 Å². The van der Waals surface area contributed by atoms with E-state index in [2.05, 4.69) is 24.2 Å². The van der Waals surface area contributed by atoms with Crippen LogP contribution in [-0.4, -0.2) is 48.8 Å². The van der Waals surface area contributed by atoms with Gasteiger partial charge in [0.25, 0.3) is 0 Å². The fraction of sp³-hybridized carbons (Fsp3) is 1.00. The van der Waals surface area contributed by atoms with E-state index < -0.39 is 0 Å². The van der Waals surface area contributed by atoms with E-state index in [1.165, 1.54) is 38.8 Å². The van der Waals surface area contributed by atoms with Gasteiger partial charge in [-0.1, -0.05) is 0 Å². The number of nitrogens with one attached hydrogen (secondary N) is 1. The molecule has 3 nitrogen and oxygen atoms in total. The van der Waals surface area contributed by atoms with Gasteiger partial charge in [-0.25, -0.2) is 0 Å². The zero-order valence-corrected chi connectivity index (χ0v) is 12.1. The van der Waals surface area contributed by atoms with Crippen molar-refractivity contribution in [3.63, 3.8) is 0 Å². The Hall–Kier alpha value is -0.120. The first kappa shape index (κ1) is 14.3. The first-order valence-electron chi connectivity index (χ1n) is 7.75. The molecule has 1 aliphatic carbocycles. The van der Waals surface area contributed by atoms with Crippen molar-refractivity contribution < 1.29 is 5.11 Å². The van der Waals surface area contributed by atoms with Gasteiger partial charge in [-0.2, -0.15) is 0 Å². The number of aliphatic hydroxyl groups excluding tert-OH is 1. The molecule has 0 aromatic carbocycles. The van der Waals surface area contributed by atoms with Crippen LogP contribution >= 0.6 is 0 Å². The Balaban J connectivity index is 1.63. The number of hydrogen-bond acceptors (Lipinski definition) is 3. The fourth-order valence-electron chi connectivity index (χ4n) is 3.40. The summed E-state index contributed by atoms with van der Waals surface area (Å²) in [6.07, 6.45) is 7.08. The molecule has 2 aliphatic rings. The Morgan fingerprint density at radius 3 is 2.33 bits per heavy atom. The second kappa shape index (κ2) is 6.88. The highest BCUT2D eigenvalue weighted by atomic mass is 16.3. The summed E-state index contributed by atoms with van der Waals surface area (Å²) in [6.45, 7) is 6.02. The SMILES string of the molecule is CC(NCC1CCC(O)CC1)C1CCN(C)CC1. The van der Waals surface area contributed by atoms with E-state index in [1.54, 1.807) is 0 Å². The Morgan fingerprint density at radius 1 is 1.11 bits per heavy atom. The third kappa shape index (κ3) is 4.22. The lowest BCUT2D eigenvalue weighted by Crippen LogP contribution is -2.42. The summed E-state index contributed by atoms with van der Waals surface area (Å²) >= 11 is 0. The minimum absolute atomic E-state index is 0.0208. The number of aliphatic hydroxyl groups is 1. The van der Waals surface area contributed by atoms with Crippen molar-refractivity contribution >= 4 is 0 Å². The predicted octanol–water partition coefficient (Wildman–Crippen LogP) is 1.86. The molecule has 2 rings (SSSR count). The summed E-state index contributed by atoms with van der Waals surface area (Å²) in [6, 6.07) is 0.658. The van der Waals surface area contributed by atoms with Gasteiger partial charge in [-0.3, -0.25) is 0 Å². The van der Waals surface area contributed by atoms with Crippen molar-refractivity contribution in [2.45, 2.75) is 57.6 Å². The molecule has 3 heteroatoms. The van der Waals surface area contributed by atoms with Crippen LogP contribution in [0.4, 0.5) is 0 Å². The van der Waals surface area contributed by atoms with E-state index in [1.807, 2.05) is 0 Å². The lowest BCUT2D eigenvalue weighted by atomic mass is 9.86. The van der Waals surface area contributed by atoms with Gasteiger partial charge < -0.3 is 15.3 Å². The van der Waals surface area contributed by atoms with Crippen LogP contribution in [0.5, 0.6) is 0 Å². The quantitative estimate of drug-likeness (QED) is 0.804. The third-order valence-electron chi connectivity index (χ3n) is 5.02. The number of likely N-dealkylation sites (tertiary alicyclic amines) is 1. The summed E-state index contributed by atoms with van der Waals surface area (Å²) in [4.78, 5) is 2.44. The maximum atomic E-state index is 9.51. The lowest BCUT2D eigenvalue weighted by molar-refractivity contribution is 0.106. The molecule has 2 N–H and O–H groups in total. The first-order valence-corrected chi connectivity index (χ1v) is 7.75. The van der Waals surface area contributed by atoms with E-state index >= 15 is 0 Å². The van der Waals surface area contributed by atoms with E-state index in [9.17, 15) is 5.11 Å². The van der Waals surface area contributed by atoms with Gasteiger partial charge in [0, 0.05) is 6.04 Å². The van der Waals surface area contributed by atoms with Crippen molar-refractivity contribution in [3.8, 4) is 0 Å². The molecule has 0 aromatic heterocycles. The average molecular weight is 254 g/mol. The van der Waals surface area contributed by atoms with Crippen LogP contribution in [0.3, 0.4) is 0 Å². The van der Waals surface area contributed by atoms with E-state index in [4.69, 9.17) is 0 Å². The second-order valence-corrected chi connectivity index (χ2v) is 6.51. The van der Waals surface area contributed by atoms with Crippen LogP contribution < -0.4 is 5.32 Å². The highest BCUT2D eigenvalue weighted by molar-refractivity contribution is 4.80. The number of piperidine rings is 1. The van der Waals surface area contributed by atoms with Gasteiger partial charge in [-0.05, 0) is 84.0 Å². The molecular formula is C15H30N2O. The molecule has 0 amide bonds. The maximum Gasteiger partial charge on any atom is 0.0540 e. The van der Waals surface area contributed by atoms with Crippen LogP contribution in [0.2, 0.25) is 0 Å². The monoisotopic (exact) mass is 254 g/mol. The molecule has 0 radical (unpaired) electrons. The largest absolute Gasteiger partial charge is 0.393 e. The summed E-state index contributed by atoms with van der Waals surface area (Å²) in [5.41, 5.74) is 0. The molecular weight excluding hydrogens is 224 g/mol. The molecule has 2 fully saturated rings. The minimum atomic E-state index is -0.0208. The summed E-state index contributed by atoms with van der Waals surface area (Å²) < 4.78 is 0. The van der Waals surface area contributed by atoms with Crippen LogP contribution in [0.1, 0.15) is 45.4 Å². The van der Waals surface area contributed by atoms with Crippen molar-refractivity contribution in [1.82, 2.24) is 10.2 Å². The Bertz CT molecular complexity index is 231. The maximum absolute atomic E-state index is 9.51. The summed E-state index contributed by atoms with van der Waals surface area (Å²) in [5, 5.41) is 13.3. The van der Waals surface area contributed by atoms with Crippen LogP contribution in [0, 0.1) is 11.8 Å². The van der Waals surface area contributed by atoms with E-state index in [0.29, 0.717) is 6.04 Å². The van der Waals surface area contributed by atoms with Gasteiger partial charge >= 0.3 is 0 Å². The first-order chi connectivity index (χ1) is 8.65. The Kier molecular flexibility index (Phi) is 5.46. The standard InChI is InChI=1S/C15H30N2O/c1-12(14-7-9-17(2)10-8-14)16-11-13-3-5-15(18)6-4-13/h12-16,18H,3-11H2,1-2H3. The number of nitrogens with zero attached hydrogens (tertiary/aromatic N) is 1. The van der Waals surface area contributed by atoms with E-state index in [-0.39, 0.29) is 6.10 Å². The van der Waals surface area contributed by atoms with Gasteiger partial charge in [0.05, 0.1) is 6.10 Å². The van der Waals surface area contributed by atoms with Crippen LogP contribution in [0.25, 0.3) is 0 Å². The molecule has 0 aromatic rings. The van der Waals surface area contributed by atoms with Crippen molar-refractivity contribution in [2.24, 2.45) is 11.8 Å². The van der Waals surface area contributed by atoms with Crippen molar-refractivity contribution in [2.75, 3.05) is 26.7 Å². The normalized spacial score (nSPS) is 33.5. The Morgan fingerprint density at radius 2 is 1.72 bits per heavy atom. The molecule has 1 saturated heterocycles. The molecule has 1 heterocycles. The fourth-order valence-corrected chi connectivity index (χ4v) is 3.40. The molecule has 0 spiro atoms. The molecule has 1 aliphatic heterocycles. The van der Waals surface area contributed by atoms with Crippen LogP contribution in [0.15, 0.2) is 0 Å². The predicted molar refractivity (Wildman–Crippen MR) is 75.7 cm³/mol. The molecule has 0 bridgehead atoms. The molecule has 1 atom stereocenters. The smallest absolute Gasteiger partial charge is 0.0540 e. The van der Waals surface area contributed by atoms with Gasteiger partial charge in [0.1, 0.15) is 0 Å². The highest BCUT2D eigenvalue weighted by Gasteiger charge is 2.24. The van der Waals surface area contributed by atoms with Crippen molar-refractivity contribution in [3.05, 3.63) is 0 Å². The van der Waals surface area contributed by atoms with Gasteiger partial charge in [0.15, 0.2) is 0 Å². The van der Waals surface area contributed by atoms with Gasteiger partial charge in [0.2, 0.25) is 0 Å². The van der Waals surface area contributed by atoms with Gasteiger partial charge in [-0.15, -0.1) is 0 Å². The molecule has 106 valence electrons. The number of hydrogen-bond donors (Lipinski definition) is 2. The molecule has 1 saturated carbocycles. The highest BCUT2D eigenvalue weighted by Crippen LogP contribution is 2.24. The lowest BCUT2D eigenvalue weighted by Gasteiger charge is -2.34.